The lowest BCUT2D eigenvalue weighted by Gasteiger charge is -2.00. The smallest absolute Gasteiger partial charge is 0.00152 e. The predicted octanol–water partition coefficient (Wildman–Crippen LogP) is 3.45. The molecule has 1 N–H and O–H groups in total. The summed E-state index contributed by atoms with van der Waals surface area (Å²) in [5, 5.41) is 3.47. The summed E-state index contributed by atoms with van der Waals surface area (Å²) in [7, 11) is 0. The third kappa shape index (κ3) is 3.61. The molecule has 3 atom stereocenters. The molecule has 0 heterocycles. The standard InChI is InChI=1S/C13H27N/c1-4-6-7-8-9-12-11(3)13(12)10-14-5-2/h11-14H,4-10H2,1-3H3. The summed E-state index contributed by atoms with van der Waals surface area (Å²) in [6.45, 7) is 9.30. The van der Waals surface area contributed by atoms with Gasteiger partial charge in [-0.15, -0.1) is 0 Å². The molecule has 0 aliphatic heterocycles. The monoisotopic (exact) mass is 197 g/mol. The molecular weight excluding hydrogens is 170 g/mol. The van der Waals surface area contributed by atoms with Crippen LogP contribution in [0.2, 0.25) is 0 Å². The molecule has 1 nitrogen and oxygen atoms in total. The van der Waals surface area contributed by atoms with Crippen LogP contribution in [0.15, 0.2) is 0 Å². The van der Waals surface area contributed by atoms with Gasteiger partial charge in [-0.3, -0.25) is 0 Å². The highest BCUT2D eigenvalue weighted by Gasteiger charge is 2.44. The van der Waals surface area contributed by atoms with E-state index in [1.807, 2.05) is 0 Å². The molecule has 0 aromatic rings. The molecule has 0 amide bonds. The fraction of sp³-hybridized carbons (Fsp3) is 1.00. The van der Waals surface area contributed by atoms with E-state index in [1.165, 1.54) is 38.6 Å². The quantitative estimate of drug-likeness (QED) is 0.588. The summed E-state index contributed by atoms with van der Waals surface area (Å²) in [5.74, 6) is 3.04. The molecule has 0 spiro atoms. The van der Waals surface area contributed by atoms with Gasteiger partial charge in [-0.2, -0.15) is 0 Å². The molecule has 1 saturated carbocycles. The fourth-order valence-corrected chi connectivity index (χ4v) is 2.57. The van der Waals surface area contributed by atoms with Crippen molar-refractivity contribution in [2.24, 2.45) is 17.8 Å². The van der Waals surface area contributed by atoms with E-state index in [0.29, 0.717) is 0 Å². The summed E-state index contributed by atoms with van der Waals surface area (Å²) < 4.78 is 0. The van der Waals surface area contributed by atoms with Crippen molar-refractivity contribution in [3.63, 3.8) is 0 Å². The Labute approximate surface area is 89.7 Å². The lowest BCUT2D eigenvalue weighted by atomic mass is 10.1. The number of hydrogen-bond acceptors (Lipinski definition) is 1. The van der Waals surface area contributed by atoms with Gasteiger partial charge in [-0.05, 0) is 37.3 Å². The summed E-state index contributed by atoms with van der Waals surface area (Å²) >= 11 is 0. The van der Waals surface area contributed by atoms with Crippen molar-refractivity contribution in [1.82, 2.24) is 5.32 Å². The Morgan fingerprint density at radius 1 is 1.00 bits per heavy atom. The summed E-state index contributed by atoms with van der Waals surface area (Å²) in [6.07, 6.45) is 7.19. The first-order valence-electron chi connectivity index (χ1n) is 6.52. The van der Waals surface area contributed by atoms with Crippen LogP contribution in [0.5, 0.6) is 0 Å². The number of hydrogen-bond donors (Lipinski definition) is 1. The van der Waals surface area contributed by atoms with Gasteiger partial charge in [0.25, 0.3) is 0 Å². The second-order valence-corrected chi connectivity index (χ2v) is 4.84. The zero-order chi connectivity index (χ0) is 10.4. The van der Waals surface area contributed by atoms with E-state index in [4.69, 9.17) is 0 Å². The van der Waals surface area contributed by atoms with Crippen molar-refractivity contribution in [3.05, 3.63) is 0 Å². The molecule has 84 valence electrons. The first-order valence-corrected chi connectivity index (χ1v) is 6.52. The number of nitrogens with one attached hydrogen (secondary N) is 1. The maximum atomic E-state index is 3.47. The van der Waals surface area contributed by atoms with Gasteiger partial charge in [-0.25, -0.2) is 0 Å². The van der Waals surface area contributed by atoms with Gasteiger partial charge >= 0.3 is 0 Å². The van der Waals surface area contributed by atoms with E-state index in [-0.39, 0.29) is 0 Å². The Balaban J connectivity index is 1.98. The van der Waals surface area contributed by atoms with Gasteiger partial charge in [0.15, 0.2) is 0 Å². The minimum Gasteiger partial charge on any atom is -0.317 e. The van der Waals surface area contributed by atoms with Crippen LogP contribution in [0.25, 0.3) is 0 Å². The van der Waals surface area contributed by atoms with E-state index < -0.39 is 0 Å². The molecule has 3 unspecified atom stereocenters. The second kappa shape index (κ2) is 6.44. The molecule has 1 aliphatic rings. The van der Waals surface area contributed by atoms with Crippen molar-refractivity contribution in [2.75, 3.05) is 13.1 Å². The minimum atomic E-state index is 0.996. The Morgan fingerprint density at radius 3 is 2.43 bits per heavy atom. The van der Waals surface area contributed by atoms with Crippen molar-refractivity contribution in [3.8, 4) is 0 Å². The normalized spacial score (nSPS) is 30.6. The lowest BCUT2D eigenvalue weighted by Crippen LogP contribution is -2.16. The van der Waals surface area contributed by atoms with Gasteiger partial charge in [0, 0.05) is 0 Å². The van der Waals surface area contributed by atoms with E-state index in [9.17, 15) is 0 Å². The highest BCUT2D eigenvalue weighted by atomic mass is 14.9. The van der Waals surface area contributed by atoms with Crippen molar-refractivity contribution in [1.29, 1.82) is 0 Å². The molecule has 1 rings (SSSR count). The second-order valence-electron chi connectivity index (χ2n) is 4.84. The molecule has 0 aromatic heterocycles. The molecule has 1 heteroatoms. The van der Waals surface area contributed by atoms with Crippen molar-refractivity contribution in [2.45, 2.75) is 52.9 Å². The molecule has 0 bridgehead atoms. The molecule has 0 saturated heterocycles. The van der Waals surface area contributed by atoms with Crippen molar-refractivity contribution < 1.29 is 0 Å². The Kier molecular flexibility index (Phi) is 5.54. The van der Waals surface area contributed by atoms with Crippen LogP contribution in [0.3, 0.4) is 0 Å². The molecule has 0 radical (unpaired) electrons. The molecule has 0 aromatic carbocycles. The topological polar surface area (TPSA) is 12.0 Å². The number of rotatable bonds is 8. The van der Waals surface area contributed by atoms with Crippen LogP contribution in [-0.2, 0) is 0 Å². The van der Waals surface area contributed by atoms with Crippen LogP contribution in [0.1, 0.15) is 52.9 Å². The SMILES string of the molecule is CCCCCCC1C(C)C1CNCC. The summed E-state index contributed by atoms with van der Waals surface area (Å²) in [5.41, 5.74) is 0. The Morgan fingerprint density at radius 2 is 1.79 bits per heavy atom. The summed E-state index contributed by atoms with van der Waals surface area (Å²) in [4.78, 5) is 0. The summed E-state index contributed by atoms with van der Waals surface area (Å²) in [6, 6.07) is 0. The van der Waals surface area contributed by atoms with Crippen LogP contribution >= 0.6 is 0 Å². The highest BCUT2D eigenvalue weighted by Crippen LogP contribution is 2.48. The maximum Gasteiger partial charge on any atom is -0.00152 e. The zero-order valence-electron chi connectivity index (χ0n) is 10.2. The average molecular weight is 197 g/mol. The van der Waals surface area contributed by atoms with Crippen molar-refractivity contribution >= 4 is 0 Å². The first-order chi connectivity index (χ1) is 6.81. The highest BCUT2D eigenvalue weighted by molar-refractivity contribution is 4.94. The van der Waals surface area contributed by atoms with Gasteiger partial charge in [0.2, 0.25) is 0 Å². The van der Waals surface area contributed by atoms with Crippen LogP contribution in [-0.4, -0.2) is 13.1 Å². The number of unbranched alkanes of at least 4 members (excludes halogenated alkanes) is 3. The van der Waals surface area contributed by atoms with Gasteiger partial charge < -0.3 is 5.32 Å². The zero-order valence-corrected chi connectivity index (χ0v) is 10.2. The van der Waals surface area contributed by atoms with E-state index in [2.05, 4.69) is 26.1 Å². The van der Waals surface area contributed by atoms with Gasteiger partial charge in [0.05, 0.1) is 0 Å². The molecule has 1 aliphatic carbocycles. The van der Waals surface area contributed by atoms with E-state index >= 15 is 0 Å². The van der Waals surface area contributed by atoms with E-state index in [0.717, 1.165) is 24.3 Å². The first kappa shape index (κ1) is 12.0. The largest absolute Gasteiger partial charge is 0.317 e. The van der Waals surface area contributed by atoms with E-state index in [1.54, 1.807) is 0 Å². The van der Waals surface area contributed by atoms with Gasteiger partial charge in [-0.1, -0.05) is 46.5 Å². The Bertz CT molecular complexity index is 144. The molecule has 14 heavy (non-hydrogen) atoms. The maximum absolute atomic E-state index is 3.47. The van der Waals surface area contributed by atoms with Crippen LogP contribution in [0.4, 0.5) is 0 Å². The van der Waals surface area contributed by atoms with Crippen LogP contribution in [0, 0.1) is 17.8 Å². The molecule has 1 fully saturated rings. The van der Waals surface area contributed by atoms with Gasteiger partial charge in [0.1, 0.15) is 0 Å². The fourth-order valence-electron chi connectivity index (χ4n) is 2.57. The average Bonchev–Trinajstić information content (AvgIpc) is 2.80. The van der Waals surface area contributed by atoms with Crippen LogP contribution < -0.4 is 5.32 Å². The molecular formula is C13H27N. The predicted molar refractivity (Wildman–Crippen MR) is 63.4 cm³/mol. The minimum absolute atomic E-state index is 0.996. The third-order valence-corrected chi connectivity index (χ3v) is 3.78. The third-order valence-electron chi connectivity index (χ3n) is 3.78. The lowest BCUT2D eigenvalue weighted by molar-refractivity contribution is 0.546. The Hall–Kier alpha value is -0.0400.